The molecule has 1 aromatic carbocycles. The Morgan fingerprint density at radius 3 is 2.69 bits per heavy atom. The zero-order chi connectivity index (χ0) is 12.1. The van der Waals surface area contributed by atoms with E-state index in [9.17, 15) is 4.39 Å². The Labute approximate surface area is 106 Å². The normalized spacial score (nSPS) is 14.8. The van der Waals surface area contributed by atoms with Gasteiger partial charge < -0.3 is 5.32 Å². The van der Waals surface area contributed by atoms with Gasteiger partial charge in [0.25, 0.3) is 0 Å². The van der Waals surface area contributed by atoms with E-state index >= 15 is 0 Å². The zero-order valence-electron chi connectivity index (χ0n) is 9.43. The van der Waals surface area contributed by atoms with Gasteiger partial charge in [0, 0.05) is 18.5 Å². The molecule has 1 N–H and O–H groups in total. The molecule has 0 heterocycles. The van der Waals surface area contributed by atoms with Crippen LogP contribution in [0, 0.1) is 11.7 Å². The second-order valence-electron chi connectivity index (χ2n) is 4.01. The van der Waals surface area contributed by atoms with Crippen molar-refractivity contribution in [2.75, 3.05) is 5.88 Å². The van der Waals surface area contributed by atoms with Crippen LogP contribution in [-0.2, 0) is 6.54 Å². The molecule has 0 aliphatic carbocycles. The quantitative estimate of drug-likeness (QED) is 0.797. The van der Waals surface area contributed by atoms with E-state index in [0.29, 0.717) is 18.3 Å². The molecule has 0 spiro atoms. The van der Waals surface area contributed by atoms with Crippen LogP contribution in [-0.4, -0.2) is 11.9 Å². The standard InChI is InChI=1S/C12H16Cl2FN/c1-8(6-13)9(2)16-7-10-4-3-5-11(15)12(10)14/h3-5,8-9,16H,6-7H2,1-2H3. The molecular weight excluding hydrogens is 248 g/mol. The van der Waals surface area contributed by atoms with Gasteiger partial charge >= 0.3 is 0 Å². The molecular formula is C12H16Cl2FN. The highest BCUT2D eigenvalue weighted by Gasteiger charge is 2.11. The average molecular weight is 264 g/mol. The summed E-state index contributed by atoms with van der Waals surface area (Å²) in [7, 11) is 0. The summed E-state index contributed by atoms with van der Waals surface area (Å²) >= 11 is 11.6. The molecule has 1 rings (SSSR count). The molecule has 0 radical (unpaired) electrons. The van der Waals surface area contributed by atoms with Crippen LogP contribution in [0.4, 0.5) is 4.39 Å². The fraction of sp³-hybridized carbons (Fsp3) is 0.500. The monoisotopic (exact) mass is 263 g/mol. The Morgan fingerprint density at radius 1 is 1.38 bits per heavy atom. The molecule has 4 heteroatoms. The first kappa shape index (κ1) is 13.8. The predicted molar refractivity (Wildman–Crippen MR) is 67.6 cm³/mol. The molecule has 16 heavy (non-hydrogen) atoms. The van der Waals surface area contributed by atoms with Crippen LogP contribution in [0.2, 0.25) is 5.02 Å². The highest BCUT2D eigenvalue weighted by molar-refractivity contribution is 6.31. The van der Waals surface area contributed by atoms with Crippen LogP contribution in [0.25, 0.3) is 0 Å². The molecule has 0 amide bonds. The predicted octanol–water partition coefficient (Wildman–Crippen LogP) is 3.83. The molecule has 0 bridgehead atoms. The Morgan fingerprint density at radius 2 is 2.06 bits per heavy atom. The van der Waals surface area contributed by atoms with Gasteiger partial charge in [-0.25, -0.2) is 4.39 Å². The molecule has 90 valence electrons. The van der Waals surface area contributed by atoms with E-state index < -0.39 is 0 Å². The molecule has 0 aliphatic heterocycles. The fourth-order valence-corrected chi connectivity index (χ4v) is 1.75. The minimum atomic E-state index is -0.376. The molecule has 1 aromatic rings. The number of hydrogen-bond donors (Lipinski definition) is 1. The summed E-state index contributed by atoms with van der Waals surface area (Å²) in [4.78, 5) is 0. The average Bonchev–Trinajstić information content (AvgIpc) is 2.29. The SMILES string of the molecule is CC(CCl)C(C)NCc1cccc(F)c1Cl. The number of rotatable bonds is 5. The smallest absolute Gasteiger partial charge is 0.142 e. The van der Waals surface area contributed by atoms with E-state index in [1.165, 1.54) is 6.07 Å². The lowest BCUT2D eigenvalue weighted by Gasteiger charge is -2.19. The Kier molecular flexibility index (Phi) is 5.53. The molecule has 0 fully saturated rings. The van der Waals surface area contributed by atoms with Crippen LogP contribution in [0.15, 0.2) is 18.2 Å². The molecule has 0 saturated carbocycles. The van der Waals surface area contributed by atoms with Gasteiger partial charge in [0.15, 0.2) is 0 Å². The van der Waals surface area contributed by atoms with Crippen molar-refractivity contribution in [1.29, 1.82) is 0 Å². The largest absolute Gasteiger partial charge is 0.310 e. The maximum atomic E-state index is 13.1. The van der Waals surface area contributed by atoms with Crippen molar-refractivity contribution in [3.05, 3.63) is 34.6 Å². The van der Waals surface area contributed by atoms with Gasteiger partial charge in [0.05, 0.1) is 5.02 Å². The first-order chi connectivity index (χ1) is 7.56. The van der Waals surface area contributed by atoms with E-state index in [-0.39, 0.29) is 16.9 Å². The van der Waals surface area contributed by atoms with Gasteiger partial charge in [0.2, 0.25) is 0 Å². The minimum Gasteiger partial charge on any atom is -0.310 e. The number of alkyl halides is 1. The summed E-state index contributed by atoms with van der Waals surface area (Å²) in [5.41, 5.74) is 0.773. The van der Waals surface area contributed by atoms with Crippen LogP contribution < -0.4 is 5.32 Å². The van der Waals surface area contributed by atoms with Crippen molar-refractivity contribution in [1.82, 2.24) is 5.32 Å². The summed E-state index contributed by atoms with van der Waals surface area (Å²) in [6.45, 7) is 4.68. The van der Waals surface area contributed by atoms with Gasteiger partial charge in [-0.05, 0) is 24.5 Å². The van der Waals surface area contributed by atoms with Gasteiger partial charge in [-0.2, -0.15) is 0 Å². The lowest BCUT2D eigenvalue weighted by atomic mass is 10.1. The van der Waals surface area contributed by atoms with E-state index in [2.05, 4.69) is 19.2 Å². The first-order valence-electron chi connectivity index (χ1n) is 5.28. The van der Waals surface area contributed by atoms with E-state index in [0.717, 1.165) is 5.56 Å². The third kappa shape index (κ3) is 3.62. The van der Waals surface area contributed by atoms with E-state index in [1.54, 1.807) is 6.07 Å². The van der Waals surface area contributed by atoms with E-state index in [4.69, 9.17) is 23.2 Å². The molecule has 2 unspecified atom stereocenters. The number of halogens is 3. The lowest BCUT2D eigenvalue weighted by molar-refractivity contribution is 0.429. The van der Waals surface area contributed by atoms with Crippen molar-refractivity contribution in [2.24, 2.45) is 5.92 Å². The third-order valence-electron chi connectivity index (χ3n) is 2.74. The van der Waals surface area contributed by atoms with Crippen LogP contribution >= 0.6 is 23.2 Å². The molecule has 1 nitrogen and oxygen atoms in total. The first-order valence-corrected chi connectivity index (χ1v) is 6.19. The topological polar surface area (TPSA) is 12.0 Å². The van der Waals surface area contributed by atoms with Crippen molar-refractivity contribution >= 4 is 23.2 Å². The van der Waals surface area contributed by atoms with Crippen LogP contribution in [0.5, 0.6) is 0 Å². The fourth-order valence-electron chi connectivity index (χ4n) is 1.29. The Bertz CT molecular complexity index is 344. The second kappa shape index (κ2) is 6.43. The maximum Gasteiger partial charge on any atom is 0.142 e. The Hall–Kier alpha value is -0.310. The van der Waals surface area contributed by atoms with Crippen molar-refractivity contribution in [3.8, 4) is 0 Å². The van der Waals surface area contributed by atoms with Crippen LogP contribution in [0.3, 0.4) is 0 Å². The summed E-state index contributed by atoms with van der Waals surface area (Å²) in [5, 5.41) is 3.48. The van der Waals surface area contributed by atoms with Gasteiger partial charge in [0.1, 0.15) is 5.82 Å². The number of benzene rings is 1. The Balaban J connectivity index is 2.58. The van der Waals surface area contributed by atoms with Crippen molar-refractivity contribution in [3.63, 3.8) is 0 Å². The molecule has 0 aromatic heterocycles. The highest BCUT2D eigenvalue weighted by atomic mass is 35.5. The molecule has 2 atom stereocenters. The number of hydrogen-bond acceptors (Lipinski definition) is 1. The zero-order valence-corrected chi connectivity index (χ0v) is 10.9. The molecule has 0 saturated heterocycles. The summed E-state index contributed by atoms with van der Waals surface area (Å²) in [5.74, 6) is 0.596. The third-order valence-corrected chi connectivity index (χ3v) is 3.65. The maximum absolute atomic E-state index is 13.1. The van der Waals surface area contributed by atoms with Gasteiger partial charge in [-0.3, -0.25) is 0 Å². The van der Waals surface area contributed by atoms with Crippen molar-refractivity contribution < 1.29 is 4.39 Å². The highest BCUT2D eigenvalue weighted by Crippen LogP contribution is 2.19. The summed E-state index contributed by atoms with van der Waals surface area (Å²) in [6.07, 6.45) is 0. The lowest BCUT2D eigenvalue weighted by Crippen LogP contribution is -2.32. The number of nitrogens with one attached hydrogen (secondary N) is 1. The van der Waals surface area contributed by atoms with Crippen LogP contribution in [0.1, 0.15) is 19.4 Å². The minimum absolute atomic E-state index is 0.195. The summed E-state index contributed by atoms with van der Waals surface area (Å²) in [6, 6.07) is 5.11. The van der Waals surface area contributed by atoms with E-state index in [1.807, 2.05) is 6.07 Å². The van der Waals surface area contributed by atoms with Gasteiger partial charge in [-0.1, -0.05) is 30.7 Å². The second-order valence-corrected chi connectivity index (χ2v) is 4.70. The molecule has 0 aliphatic rings. The van der Waals surface area contributed by atoms with Crippen molar-refractivity contribution in [2.45, 2.75) is 26.4 Å². The van der Waals surface area contributed by atoms with Gasteiger partial charge in [-0.15, -0.1) is 11.6 Å². The summed E-state index contributed by atoms with van der Waals surface area (Å²) < 4.78 is 13.1.